The Labute approximate surface area is 72.0 Å². The maximum absolute atomic E-state index is 9.38. The minimum absolute atomic E-state index is 0. The van der Waals surface area contributed by atoms with Crippen LogP contribution in [0.25, 0.3) is 0 Å². The second-order valence-electron chi connectivity index (χ2n) is 3.36. The van der Waals surface area contributed by atoms with Crippen LogP contribution in [0.2, 0.25) is 0 Å². The minimum atomic E-state index is 0. The minimum Gasteiger partial charge on any atom is -1.00 e. The molecule has 3 aliphatic heterocycles. The van der Waals surface area contributed by atoms with Gasteiger partial charge < -0.3 is 27.0 Å². The maximum atomic E-state index is 9.38. The average molecular weight is 208 g/mol. The van der Waals surface area contributed by atoms with Crippen molar-refractivity contribution >= 4 is 0 Å². The molecule has 0 aliphatic carbocycles. The number of nitrogens with one attached hydrogen (secondary N) is 1. The van der Waals surface area contributed by atoms with Gasteiger partial charge in [0.25, 0.3) is 0 Å². The molecule has 3 rings (SSSR count). The highest BCUT2D eigenvalue weighted by molar-refractivity contribution is 4.74. The molecule has 0 aromatic rings. The highest BCUT2D eigenvalue weighted by Crippen LogP contribution is 2.17. The van der Waals surface area contributed by atoms with E-state index in [0.717, 1.165) is 6.54 Å². The number of hydrogen-bond donors (Lipinski definition) is 2. The first kappa shape index (κ1) is 8.50. The van der Waals surface area contributed by atoms with Gasteiger partial charge in [-0.1, -0.05) is 0 Å². The smallest absolute Gasteiger partial charge is 0.106 e. The summed E-state index contributed by atoms with van der Waals surface area (Å²) in [6, 6.07) is 0. The predicted octanol–water partition coefficient (Wildman–Crippen LogP) is -4.34. The fourth-order valence-corrected chi connectivity index (χ4v) is 2.10. The molecule has 3 heterocycles. The summed E-state index contributed by atoms with van der Waals surface area (Å²) in [5.74, 6) is 0.655. The van der Waals surface area contributed by atoms with E-state index >= 15 is 0 Å². The zero-order valence-electron chi connectivity index (χ0n) is 6.02. The van der Waals surface area contributed by atoms with E-state index in [4.69, 9.17) is 0 Å². The average Bonchev–Trinajstić information content (AvgIpc) is 1.90. The lowest BCUT2D eigenvalue weighted by atomic mass is 9.86. The Bertz CT molecular complexity index is 112. The van der Waals surface area contributed by atoms with Gasteiger partial charge in [-0.15, -0.1) is 0 Å². The molecule has 0 aromatic carbocycles. The summed E-state index contributed by atoms with van der Waals surface area (Å²) in [5, 5.41) is 9.38. The molecule has 60 valence electrons. The zero-order chi connectivity index (χ0) is 6.27. The highest BCUT2D eigenvalue weighted by Gasteiger charge is 2.35. The van der Waals surface area contributed by atoms with Crippen LogP contribution in [0.5, 0.6) is 0 Å². The zero-order valence-corrected chi connectivity index (χ0v) is 7.60. The molecule has 3 heteroatoms. The maximum Gasteiger partial charge on any atom is 0.106 e. The SMILES string of the molecule is OC1C[NH+]2CCC1CC2.[Br-]. The Morgan fingerprint density at radius 3 is 2.00 bits per heavy atom. The molecule has 3 saturated heterocycles. The van der Waals surface area contributed by atoms with E-state index in [2.05, 4.69) is 0 Å². The summed E-state index contributed by atoms with van der Waals surface area (Å²) in [5.41, 5.74) is 0. The molecule has 10 heavy (non-hydrogen) atoms. The Morgan fingerprint density at radius 2 is 1.80 bits per heavy atom. The van der Waals surface area contributed by atoms with Crippen LogP contribution in [0, 0.1) is 5.92 Å². The fourth-order valence-electron chi connectivity index (χ4n) is 2.10. The van der Waals surface area contributed by atoms with Crippen molar-refractivity contribution in [2.75, 3.05) is 19.6 Å². The van der Waals surface area contributed by atoms with E-state index in [0.29, 0.717) is 5.92 Å². The lowest BCUT2D eigenvalue weighted by Crippen LogP contribution is -3.16. The third kappa shape index (κ3) is 1.36. The lowest BCUT2D eigenvalue weighted by molar-refractivity contribution is -0.920. The number of quaternary nitrogens is 1. The molecule has 1 atom stereocenters. The van der Waals surface area contributed by atoms with Crippen LogP contribution in [0.15, 0.2) is 0 Å². The van der Waals surface area contributed by atoms with Gasteiger partial charge in [0.15, 0.2) is 0 Å². The van der Waals surface area contributed by atoms with Crippen molar-refractivity contribution in [3.8, 4) is 0 Å². The van der Waals surface area contributed by atoms with Gasteiger partial charge >= 0.3 is 0 Å². The monoisotopic (exact) mass is 207 g/mol. The summed E-state index contributed by atoms with van der Waals surface area (Å²) >= 11 is 0. The molecule has 2 N–H and O–H groups in total. The third-order valence-corrected chi connectivity index (χ3v) is 2.78. The molecule has 2 nitrogen and oxygen atoms in total. The van der Waals surface area contributed by atoms with Crippen molar-refractivity contribution in [3.05, 3.63) is 0 Å². The Morgan fingerprint density at radius 1 is 1.20 bits per heavy atom. The summed E-state index contributed by atoms with van der Waals surface area (Å²) in [6.07, 6.45) is 2.55. The first-order valence-electron chi connectivity index (χ1n) is 3.88. The predicted molar refractivity (Wildman–Crippen MR) is 34.3 cm³/mol. The van der Waals surface area contributed by atoms with Crippen molar-refractivity contribution in [2.24, 2.45) is 5.92 Å². The van der Waals surface area contributed by atoms with Crippen LogP contribution in [0.4, 0.5) is 0 Å². The second-order valence-corrected chi connectivity index (χ2v) is 3.36. The summed E-state index contributed by atoms with van der Waals surface area (Å²) < 4.78 is 0. The van der Waals surface area contributed by atoms with Gasteiger partial charge in [0.1, 0.15) is 12.6 Å². The molecule has 1 unspecified atom stereocenters. The summed E-state index contributed by atoms with van der Waals surface area (Å²) in [4.78, 5) is 1.62. The number of fused-ring (bicyclic) bond motifs is 3. The Hall–Kier alpha value is 0.400. The second kappa shape index (κ2) is 3.20. The first-order valence-corrected chi connectivity index (χ1v) is 3.88. The molecular weight excluding hydrogens is 194 g/mol. The van der Waals surface area contributed by atoms with Crippen molar-refractivity contribution in [2.45, 2.75) is 18.9 Å². The van der Waals surface area contributed by atoms with Crippen molar-refractivity contribution < 1.29 is 27.0 Å². The van der Waals surface area contributed by atoms with Crippen molar-refractivity contribution in [3.63, 3.8) is 0 Å². The first-order chi connectivity index (χ1) is 4.36. The Balaban J connectivity index is 0.000000500. The molecule has 0 amide bonds. The number of halogens is 1. The van der Waals surface area contributed by atoms with E-state index < -0.39 is 0 Å². The molecule has 0 aromatic heterocycles. The largest absolute Gasteiger partial charge is 1.00 e. The molecule has 3 fully saturated rings. The van der Waals surface area contributed by atoms with Crippen LogP contribution in [0.1, 0.15) is 12.8 Å². The highest BCUT2D eigenvalue weighted by atomic mass is 79.9. The van der Waals surface area contributed by atoms with Crippen LogP contribution < -0.4 is 21.9 Å². The van der Waals surface area contributed by atoms with Crippen molar-refractivity contribution in [1.82, 2.24) is 0 Å². The molecule has 0 saturated carbocycles. The molecule has 2 bridgehead atoms. The van der Waals surface area contributed by atoms with Gasteiger partial charge in [-0.05, 0) is 0 Å². The van der Waals surface area contributed by atoms with Gasteiger partial charge in [-0.3, -0.25) is 0 Å². The van der Waals surface area contributed by atoms with Crippen LogP contribution in [-0.4, -0.2) is 30.8 Å². The van der Waals surface area contributed by atoms with Gasteiger partial charge in [0.05, 0.1) is 13.1 Å². The van der Waals surface area contributed by atoms with Crippen LogP contribution >= 0.6 is 0 Å². The molecule has 3 aliphatic rings. The number of aliphatic hydroxyl groups is 1. The number of hydrogen-bond acceptors (Lipinski definition) is 1. The number of rotatable bonds is 0. The van der Waals surface area contributed by atoms with E-state index in [9.17, 15) is 5.11 Å². The molecular formula is C7H14BrNO. The lowest BCUT2D eigenvalue weighted by Gasteiger charge is -2.39. The van der Waals surface area contributed by atoms with Gasteiger partial charge in [-0.25, -0.2) is 0 Å². The standard InChI is InChI=1S/C7H13NO.BrH/c9-7-5-8-3-1-6(7)2-4-8;/h6-7,9H,1-5H2;1H. The van der Waals surface area contributed by atoms with E-state index in [-0.39, 0.29) is 23.1 Å². The number of aliphatic hydroxyl groups excluding tert-OH is 1. The molecule has 0 spiro atoms. The topological polar surface area (TPSA) is 24.7 Å². The summed E-state index contributed by atoms with van der Waals surface area (Å²) in [6.45, 7) is 3.63. The fraction of sp³-hybridized carbons (Fsp3) is 1.00. The van der Waals surface area contributed by atoms with Gasteiger partial charge in [0, 0.05) is 18.8 Å². The van der Waals surface area contributed by atoms with E-state index in [1.807, 2.05) is 0 Å². The molecule has 0 radical (unpaired) electrons. The van der Waals surface area contributed by atoms with Crippen LogP contribution in [-0.2, 0) is 0 Å². The van der Waals surface area contributed by atoms with Crippen molar-refractivity contribution in [1.29, 1.82) is 0 Å². The quantitative estimate of drug-likeness (QED) is 0.413. The van der Waals surface area contributed by atoms with E-state index in [1.165, 1.54) is 25.9 Å². The summed E-state index contributed by atoms with van der Waals surface area (Å²) in [7, 11) is 0. The van der Waals surface area contributed by atoms with E-state index in [1.54, 1.807) is 4.90 Å². The van der Waals surface area contributed by atoms with Gasteiger partial charge in [0.2, 0.25) is 0 Å². The number of piperidine rings is 3. The normalized spacial score (nSPS) is 44.7. The van der Waals surface area contributed by atoms with Crippen LogP contribution in [0.3, 0.4) is 0 Å². The Kier molecular flexibility index (Phi) is 2.72. The van der Waals surface area contributed by atoms with Gasteiger partial charge in [-0.2, -0.15) is 0 Å². The third-order valence-electron chi connectivity index (χ3n) is 2.78.